The molecule has 1 aliphatic heterocycles. The lowest BCUT2D eigenvalue weighted by Gasteiger charge is -2.20. The molecule has 1 N–H and O–H groups in total. The smallest absolute Gasteiger partial charge is 0.264 e. The van der Waals surface area contributed by atoms with E-state index in [0.717, 1.165) is 25.0 Å². The van der Waals surface area contributed by atoms with Crippen molar-refractivity contribution in [3.05, 3.63) is 59.1 Å². The molecule has 2 aromatic carbocycles. The zero-order valence-electron chi connectivity index (χ0n) is 15.6. The van der Waals surface area contributed by atoms with Crippen molar-refractivity contribution in [2.24, 2.45) is 0 Å². The third-order valence-electron chi connectivity index (χ3n) is 4.69. The Morgan fingerprint density at radius 1 is 1.18 bits per heavy atom. The Balaban J connectivity index is 1.61. The Morgan fingerprint density at radius 2 is 1.86 bits per heavy atom. The van der Waals surface area contributed by atoms with Crippen molar-refractivity contribution < 1.29 is 17.9 Å². The minimum absolute atomic E-state index is 0.0783. The summed E-state index contributed by atoms with van der Waals surface area (Å²) in [5.74, 6) is -0.0783. The minimum Gasteiger partial charge on any atom is -0.376 e. The summed E-state index contributed by atoms with van der Waals surface area (Å²) in [6, 6.07) is 12.9. The van der Waals surface area contributed by atoms with E-state index in [4.69, 9.17) is 16.3 Å². The van der Waals surface area contributed by atoms with E-state index in [9.17, 15) is 13.2 Å². The highest BCUT2D eigenvalue weighted by Crippen LogP contribution is 2.23. The van der Waals surface area contributed by atoms with E-state index in [2.05, 4.69) is 5.32 Å². The third kappa shape index (κ3) is 5.04. The number of nitrogens with zero attached hydrogens (tertiary/aromatic N) is 1. The fourth-order valence-corrected chi connectivity index (χ4v) is 4.33. The maximum Gasteiger partial charge on any atom is 0.264 e. The molecule has 1 aliphatic rings. The van der Waals surface area contributed by atoms with Crippen LogP contribution in [-0.2, 0) is 26.0 Å². The Hall–Kier alpha value is -2.09. The topological polar surface area (TPSA) is 75.7 Å². The highest BCUT2D eigenvalue weighted by atomic mass is 35.5. The van der Waals surface area contributed by atoms with E-state index in [1.54, 1.807) is 36.4 Å². The fourth-order valence-electron chi connectivity index (χ4n) is 3.01. The summed E-state index contributed by atoms with van der Waals surface area (Å²) in [4.78, 5) is 12.2. The molecule has 1 unspecified atom stereocenters. The Kier molecular flexibility index (Phi) is 6.59. The van der Waals surface area contributed by atoms with Crippen molar-refractivity contribution in [1.29, 1.82) is 0 Å². The lowest BCUT2D eigenvalue weighted by molar-refractivity contribution is -0.120. The number of hydrogen-bond donors (Lipinski definition) is 1. The van der Waals surface area contributed by atoms with Gasteiger partial charge in [-0.3, -0.25) is 9.10 Å². The van der Waals surface area contributed by atoms with Gasteiger partial charge in [0.25, 0.3) is 10.0 Å². The summed E-state index contributed by atoms with van der Waals surface area (Å²) in [5.41, 5.74) is 1.32. The predicted molar refractivity (Wildman–Crippen MR) is 109 cm³/mol. The van der Waals surface area contributed by atoms with Crippen LogP contribution in [0.1, 0.15) is 18.4 Å². The molecule has 6 nitrogen and oxygen atoms in total. The zero-order chi connectivity index (χ0) is 20.1. The molecule has 0 aromatic heterocycles. The number of sulfonamides is 1. The lowest BCUT2D eigenvalue weighted by Crippen LogP contribution is -2.32. The van der Waals surface area contributed by atoms with Gasteiger partial charge in [-0.05, 0) is 54.8 Å². The van der Waals surface area contributed by atoms with Gasteiger partial charge in [0, 0.05) is 25.2 Å². The average molecular weight is 423 g/mol. The molecule has 0 bridgehead atoms. The van der Waals surface area contributed by atoms with Crippen molar-refractivity contribution in [3.8, 4) is 0 Å². The summed E-state index contributed by atoms with van der Waals surface area (Å²) in [6.45, 7) is 1.29. The first-order valence-electron chi connectivity index (χ1n) is 9.08. The molecule has 2 aromatic rings. The highest BCUT2D eigenvalue weighted by Gasteiger charge is 2.21. The van der Waals surface area contributed by atoms with Crippen LogP contribution in [0.5, 0.6) is 0 Å². The van der Waals surface area contributed by atoms with Gasteiger partial charge in [0.15, 0.2) is 0 Å². The Morgan fingerprint density at radius 3 is 2.46 bits per heavy atom. The summed E-state index contributed by atoms with van der Waals surface area (Å²) < 4.78 is 32.1. The van der Waals surface area contributed by atoms with Gasteiger partial charge in [-0.25, -0.2) is 8.42 Å². The summed E-state index contributed by atoms with van der Waals surface area (Å²) in [5, 5.41) is 3.36. The number of halogens is 1. The van der Waals surface area contributed by atoms with Gasteiger partial charge in [-0.1, -0.05) is 23.7 Å². The average Bonchev–Trinajstić information content (AvgIpc) is 3.20. The quantitative estimate of drug-likeness (QED) is 0.744. The molecule has 0 radical (unpaired) electrons. The first-order valence-corrected chi connectivity index (χ1v) is 10.9. The van der Waals surface area contributed by atoms with Crippen molar-refractivity contribution in [2.75, 3.05) is 24.5 Å². The Labute approximate surface area is 170 Å². The summed E-state index contributed by atoms with van der Waals surface area (Å²) in [6.07, 6.45) is 2.36. The number of ether oxygens (including phenoxy) is 1. The molecule has 0 aliphatic carbocycles. The van der Waals surface area contributed by atoms with Crippen molar-refractivity contribution in [2.45, 2.75) is 30.3 Å². The van der Waals surface area contributed by atoms with Gasteiger partial charge in [0.05, 0.1) is 23.1 Å². The summed E-state index contributed by atoms with van der Waals surface area (Å²) in [7, 11) is -2.19. The van der Waals surface area contributed by atoms with Crippen LogP contribution in [0.3, 0.4) is 0 Å². The van der Waals surface area contributed by atoms with E-state index >= 15 is 0 Å². The monoisotopic (exact) mass is 422 g/mol. The van der Waals surface area contributed by atoms with E-state index in [1.165, 1.54) is 23.5 Å². The molecule has 28 heavy (non-hydrogen) atoms. The predicted octanol–water partition coefficient (Wildman–Crippen LogP) is 3.00. The molecule has 1 heterocycles. The number of anilines is 1. The maximum atomic E-state index is 12.7. The molecule has 1 amide bonds. The van der Waals surface area contributed by atoms with Crippen LogP contribution in [0, 0.1) is 0 Å². The van der Waals surface area contributed by atoms with E-state index in [-0.39, 0.29) is 23.3 Å². The molecule has 8 heteroatoms. The zero-order valence-corrected chi connectivity index (χ0v) is 17.2. The molecule has 1 fully saturated rings. The van der Waals surface area contributed by atoms with Crippen LogP contribution >= 0.6 is 11.6 Å². The number of hydrogen-bond acceptors (Lipinski definition) is 4. The first-order chi connectivity index (χ1) is 13.4. The second-order valence-electron chi connectivity index (χ2n) is 6.71. The Bertz CT molecular complexity index is 908. The first kappa shape index (κ1) is 20.6. The number of nitrogens with one attached hydrogen (secondary N) is 1. The van der Waals surface area contributed by atoms with E-state index in [0.29, 0.717) is 17.3 Å². The van der Waals surface area contributed by atoms with Gasteiger partial charge in [0.1, 0.15) is 0 Å². The molecule has 1 atom stereocenters. The van der Waals surface area contributed by atoms with Gasteiger partial charge >= 0.3 is 0 Å². The molecule has 0 saturated carbocycles. The van der Waals surface area contributed by atoms with Crippen LogP contribution in [0.4, 0.5) is 5.69 Å². The number of carbonyl (C=O) groups is 1. The van der Waals surface area contributed by atoms with Gasteiger partial charge in [-0.15, -0.1) is 0 Å². The van der Waals surface area contributed by atoms with E-state index < -0.39 is 10.0 Å². The van der Waals surface area contributed by atoms with Gasteiger partial charge in [0.2, 0.25) is 5.91 Å². The largest absolute Gasteiger partial charge is 0.376 e. The van der Waals surface area contributed by atoms with Crippen LogP contribution in [0.25, 0.3) is 0 Å². The normalized spacial score (nSPS) is 16.7. The third-order valence-corrected chi connectivity index (χ3v) is 6.74. The van der Waals surface area contributed by atoms with Crippen LogP contribution in [0.15, 0.2) is 53.4 Å². The van der Waals surface area contributed by atoms with Crippen molar-refractivity contribution in [3.63, 3.8) is 0 Å². The number of amides is 1. The van der Waals surface area contributed by atoms with E-state index in [1.807, 2.05) is 0 Å². The maximum absolute atomic E-state index is 12.7. The van der Waals surface area contributed by atoms with Crippen molar-refractivity contribution in [1.82, 2.24) is 5.32 Å². The second-order valence-corrected chi connectivity index (χ2v) is 9.11. The SMILES string of the molecule is CN(c1ccc(CC(=O)NCC2CCCO2)cc1)S(=O)(=O)c1ccc(Cl)cc1. The minimum atomic E-state index is -3.68. The number of rotatable bonds is 7. The number of carbonyl (C=O) groups excluding carboxylic acids is 1. The van der Waals surface area contributed by atoms with Gasteiger partial charge in [-0.2, -0.15) is 0 Å². The van der Waals surface area contributed by atoms with Crippen LogP contribution in [-0.4, -0.2) is 40.6 Å². The highest BCUT2D eigenvalue weighted by molar-refractivity contribution is 7.92. The standard InChI is InChI=1S/C20H23ClN2O4S/c1-23(28(25,26)19-10-6-16(21)7-11-19)17-8-4-15(5-9-17)13-20(24)22-14-18-3-2-12-27-18/h4-11,18H,2-3,12-14H2,1H3,(H,22,24). The van der Waals surface area contributed by atoms with Crippen LogP contribution < -0.4 is 9.62 Å². The molecule has 150 valence electrons. The second kappa shape index (κ2) is 8.94. The fraction of sp³-hybridized carbons (Fsp3) is 0.350. The molecule has 0 spiro atoms. The molecule has 1 saturated heterocycles. The van der Waals surface area contributed by atoms with Gasteiger partial charge < -0.3 is 10.1 Å². The molecule has 3 rings (SSSR count). The van der Waals surface area contributed by atoms with Crippen LogP contribution in [0.2, 0.25) is 5.02 Å². The number of benzene rings is 2. The van der Waals surface area contributed by atoms with Crippen molar-refractivity contribution >= 4 is 33.2 Å². The molecular weight excluding hydrogens is 400 g/mol. The molecular formula is C20H23ClN2O4S. The lowest BCUT2D eigenvalue weighted by atomic mass is 10.1. The summed E-state index contributed by atoms with van der Waals surface area (Å²) >= 11 is 5.83.